The lowest BCUT2D eigenvalue weighted by molar-refractivity contribution is -0.119. The Morgan fingerprint density at radius 1 is 1.12 bits per heavy atom. The van der Waals surface area contributed by atoms with Gasteiger partial charge in [0.05, 0.1) is 13.7 Å². The van der Waals surface area contributed by atoms with E-state index in [9.17, 15) is 4.79 Å². The van der Waals surface area contributed by atoms with Crippen molar-refractivity contribution >= 4 is 22.5 Å². The predicted octanol–water partition coefficient (Wildman–Crippen LogP) is 3.32. The molecule has 0 aliphatic carbocycles. The minimum absolute atomic E-state index is 0.0341. The van der Waals surface area contributed by atoms with Gasteiger partial charge in [0.2, 0.25) is 5.91 Å². The quantitative estimate of drug-likeness (QED) is 0.687. The average Bonchev–Trinajstić information content (AvgIpc) is 2.67. The van der Waals surface area contributed by atoms with Gasteiger partial charge in [0.15, 0.2) is 0 Å². The fraction of sp³-hybridized carbons (Fsp3) is 0.238. The summed E-state index contributed by atoms with van der Waals surface area (Å²) in [5, 5.41) is 7.14. The van der Waals surface area contributed by atoms with Crippen LogP contribution in [-0.4, -0.2) is 31.1 Å². The van der Waals surface area contributed by atoms with Gasteiger partial charge in [0, 0.05) is 23.8 Å². The van der Waals surface area contributed by atoms with Gasteiger partial charge in [-0.15, -0.1) is 0 Å². The van der Waals surface area contributed by atoms with Crippen molar-refractivity contribution in [1.29, 1.82) is 0 Å². The molecule has 3 rings (SSSR count). The number of hydrogen-bond acceptors (Lipinski definition) is 4. The highest BCUT2D eigenvalue weighted by atomic mass is 16.5. The highest BCUT2D eigenvalue weighted by Crippen LogP contribution is 2.30. The third kappa shape index (κ3) is 4.11. The number of carbonyl (C=O) groups is 1. The van der Waals surface area contributed by atoms with E-state index in [0.717, 1.165) is 34.3 Å². The molecule has 2 N–H and O–H groups in total. The Morgan fingerprint density at radius 2 is 1.92 bits per heavy atom. The second kappa shape index (κ2) is 8.34. The van der Waals surface area contributed by atoms with Crippen LogP contribution in [0, 0.1) is 6.92 Å². The van der Waals surface area contributed by atoms with E-state index in [2.05, 4.69) is 27.8 Å². The van der Waals surface area contributed by atoms with Gasteiger partial charge < -0.3 is 15.4 Å². The Morgan fingerprint density at radius 3 is 2.69 bits per heavy atom. The van der Waals surface area contributed by atoms with Crippen LogP contribution in [0.15, 0.2) is 54.7 Å². The lowest BCUT2D eigenvalue weighted by Gasteiger charge is -2.14. The molecular weight excluding hydrogens is 326 g/mol. The van der Waals surface area contributed by atoms with Crippen molar-refractivity contribution in [1.82, 2.24) is 10.3 Å². The second-order valence-corrected chi connectivity index (χ2v) is 6.11. The van der Waals surface area contributed by atoms with E-state index in [-0.39, 0.29) is 12.5 Å². The van der Waals surface area contributed by atoms with Crippen molar-refractivity contribution < 1.29 is 9.53 Å². The molecular formula is C21H23N3O2. The zero-order valence-electron chi connectivity index (χ0n) is 15.1. The number of hydrogen-bond donors (Lipinski definition) is 2. The molecule has 0 aliphatic rings. The lowest BCUT2D eigenvalue weighted by atomic mass is 10.1. The van der Waals surface area contributed by atoms with Gasteiger partial charge in [-0.1, -0.05) is 42.5 Å². The molecule has 5 heteroatoms. The third-order valence-corrected chi connectivity index (χ3v) is 4.27. The van der Waals surface area contributed by atoms with Crippen LogP contribution in [0.4, 0.5) is 5.69 Å². The molecule has 1 amide bonds. The first-order chi connectivity index (χ1) is 12.7. The van der Waals surface area contributed by atoms with Crippen molar-refractivity contribution in [2.24, 2.45) is 0 Å². The van der Waals surface area contributed by atoms with E-state index in [4.69, 9.17) is 4.74 Å². The Balaban J connectivity index is 1.62. The van der Waals surface area contributed by atoms with E-state index < -0.39 is 0 Å². The smallest absolute Gasteiger partial charge is 0.239 e. The Hall–Kier alpha value is -3.08. The van der Waals surface area contributed by atoms with Crippen molar-refractivity contribution in [3.05, 3.63) is 65.9 Å². The van der Waals surface area contributed by atoms with Gasteiger partial charge in [0.25, 0.3) is 0 Å². The number of nitrogens with one attached hydrogen (secondary N) is 2. The molecule has 26 heavy (non-hydrogen) atoms. The van der Waals surface area contributed by atoms with E-state index in [0.29, 0.717) is 6.54 Å². The zero-order valence-corrected chi connectivity index (χ0v) is 15.1. The third-order valence-electron chi connectivity index (χ3n) is 4.27. The molecule has 134 valence electrons. The van der Waals surface area contributed by atoms with Crippen LogP contribution in [0.5, 0.6) is 5.75 Å². The van der Waals surface area contributed by atoms with Gasteiger partial charge in [-0.05, 0) is 30.5 Å². The van der Waals surface area contributed by atoms with Crippen LogP contribution < -0.4 is 15.4 Å². The SMILES string of the molecule is COc1cccc2c(NCC(=O)NCCc3ccccc3)c(C)cnc12. The Labute approximate surface area is 153 Å². The molecule has 0 radical (unpaired) electrons. The van der Waals surface area contributed by atoms with E-state index in [1.807, 2.05) is 43.3 Å². The number of para-hydroxylation sites is 1. The number of methoxy groups -OCH3 is 1. The summed E-state index contributed by atoms with van der Waals surface area (Å²) >= 11 is 0. The molecule has 2 aromatic carbocycles. The molecule has 0 saturated heterocycles. The van der Waals surface area contributed by atoms with Crippen LogP contribution in [0.2, 0.25) is 0 Å². The maximum absolute atomic E-state index is 12.2. The number of aromatic nitrogens is 1. The fourth-order valence-corrected chi connectivity index (χ4v) is 2.92. The largest absolute Gasteiger partial charge is 0.494 e. The number of nitrogens with zero attached hydrogens (tertiary/aromatic N) is 1. The number of pyridine rings is 1. The number of fused-ring (bicyclic) bond motifs is 1. The van der Waals surface area contributed by atoms with Gasteiger partial charge in [-0.25, -0.2) is 0 Å². The summed E-state index contributed by atoms with van der Waals surface area (Å²) in [4.78, 5) is 16.6. The van der Waals surface area contributed by atoms with Crippen LogP contribution in [0.1, 0.15) is 11.1 Å². The number of anilines is 1. The van der Waals surface area contributed by atoms with Crippen molar-refractivity contribution in [2.45, 2.75) is 13.3 Å². The van der Waals surface area contributed by atoms with Crippen molar-refractivity contribution in [3.63, 3.8) is 0 Å². The molecule has 0 atom stereocenters. The van der Waals surface area contributed by atoms with E-state index in [1.165, 1.54) is 5.56 Å². The highest BCUT2D eigenvalue weighted by molar-refractivity contribution is 5.97. The second-order valence-electron chi connectivity index (χ2n) is 6.11. The highest BCUT2D eigenvalue weighted by Gasteiger charge is 2.10. The normalized spacial score (nSPS) is 10.5. The number of amides is 1. The van der Waals surface area contributed by atoms with Gasteiger partial charge in [0.1, 0.15) is 11.3 Å². The standard InChI is InChI=1S/C21H23N3O2/c1-15-13-23-21-17(9-6-10-18(21)26-2)20(15)24-14-19(25)22-12-11-16-7-4-3-5-8-16/h3-10,13H,11-12,14H2,1-2H3,(H,22,25)(H,23,24). The minimum atomic E-state index is -0.0341. The first-order valence-corrected chi connectivity index (χ1v) is 8.66. The summed E-state index contributed by atoms with van der Waals surface area (Å²) in [5.41, 5.74) is 3.89. The van der Waals surface area contributed by atoms with Crippen molar-refractivity contribution in [3.8, 4) is 5.75 Å². The van der Waals surface area contributed by atoms with Gasteiger partial charge >= 0.3 is 0 Å². The van der Waals surface area contributed by atoms with Crippen LogP contribution in [-0.2, 0) is 11.2 Å². The average molecular weight is 349 g/mol. The fourth-order valence-electron chi connectivity index (χ4n) is 2.92. The number of benzene rings is 2. The molecule has 1 aromatic heterocycles. The summed E-state index contributed by atoms with van der Waals surface area (Å²) in [6.07, 6.45) is 2.61. The van der Waals surface area contributed by atoms with Crippen LogP contribution >= 0.6 is 0 Å². The summed E-state index contributed by atoms with van der Waals surface area (Å²) in [7, 11) is 1.63. The molecule has 0 unspecified atom stereocenters. The predicted molar refractivity (Wildman–Crippen MR) is 105 cm³/mol. The minimum Gasteiger partial charge on any atom is -0.494 e. The van der Waals surface area contributed by atoms with Gasteiger partial charge in [-0.2, -0.15) is 0 Å². The summed E-state index contributed by atoms with van der Waals surface area (Å²) in [6, 6.07) is 15.9. The molecule has 3 aromatic rings. The molecule has 1 heterocycles. The van der Waals surface area contributed by atoms with Crippen LogP contribution in [0.3, 0.4) is 0 Å². The zero-order chi connectivity index (χ0) is 18.4. The Kier molecular flexibility index (Phi) is 5.69. The number of ether oxygens (including phenoxy) is 1. The Bertz CT molecular complexity index is 894. The summed E-state index contributed by atoms with van der Waals surface area (Å²) < 4.78 is 5.37. The number of carbonyl (C=O) groups excluding carboxylic acids is 1. The molecule has 0 bridgehead atoms. The topological polar surface area (TPSA) is 63.2 Å². The molecule has 0 saturated carbocycles. The molecule has 0 fully saturated rings. The number of aryl methyl sites for hydroxylation is 1. The lowest BCUT2D eigenvalue weighted by Crippen LogP contribution is -2.31. The van der Waals surface area contributed by atoms with E-state index >= 15 is 0 Å². The van der Waals surface area contributed by atoms with Crippen molar-refractivity contribution in [2.75, 3.05) is 25.5 Å². The van der Waals surface area contributed by atoms with E-state index in [1.54, 1.807) is 13.3 Å². The first-order valence-electron chi connectivity index (χ1n) is 8.66. The molecule has 0 aliphatic heterocycles. The maximum atomic E-state index is 12.2. The maximum Gasteiger partial charge on any atom is 0.239 e. The van der Waals surface area contributed by atoms with Gasteiger partial charge in [-0.3, -0.25) is 9.78 Å². The van der Waals surface area contributed by atoms with Crippen LogP contribution in [0.25, 0.3) is 10.9 Å². The monoisotopic (exact) mass is 349 g/mol. The molecule has 5 nitrogen and oxygen atoms in total. The molecule has 0 spiro atoms. The summed E-state index contributed by atoms with van der Waals surface area (Å²) in [5.74, 6) is 0.686. The first kappa shape index (κ1) is 17.7. The summed E-state index contributed by atoms with van der Waals surface area (Å²) in [6.45, 7) is 2.81. The number of rotatable bonds is 7.